The molecule has 9 nitrogen and oxygen atoms in total. The van der Waals surface area contributed by atoms with Gasteiger partial charge in [0, 0.05) is 23.9 Å². The molecule has 0 radical (unpaired) electrons. The number of carbonyl (C=O) groups excluding carboxylic acids is 3. The van der Waals surface area contributed by atoms with Crippen molar-refractivity contribution in [2.45, 2.75) is 63.8 Å². The van der Waals surface area contributed by atoms with Gasteiger partial charge < -0.3 is 19.5 Å². The van der Waals surface area contributed by atoms with Crippen LogP contribution in [0.4, 0.5) is 4.79 Å². The number of nitrogens with one attached hydrogen (secondary N) is 1. The standard InChI is InChI=1S/C27H33N3O6/c1-6-18-15-27(18,24(32)34-7-2)29-22(31)21-14-19(16-30(21)25(33)36-26(3,4)5)35-23-20-11-9-8-10-17(20)12-13-28-23/h6,8-13,18-19,21H,1,7,14-16H2,2-5H3,(H,29,31)/t18-,19-,21+,27-/m1/s1. The second kappa shape index (κ2) is 9.79. The fourth-order valence-corrected chi connectivity index (χ4v) is 4.56. The summed E-state index contributed by atoms with van der Waals surface area (Å²) in [5, 5.41) is 4.66. The molecule has 192 valence electrons. The molecular weight excluding hydrogens is 462 g/mol. The fourth-order valence-electron chi connectivity index (χ4n) is 4.56. The van der Waals surface area contributed by atoms with Crippen LogP contribution in [0.1, 0.15) is 40.5 Å². The lowest BCUT2D eigenvalue weighted by Gasteiger charge is -2.28. The van der Waals surface area contributed by atoms with Gasteiger partial charge in [-0.3, -0.25) is 9.69 Å². The average Bonchev–Trinajstić information content (AvgIpc) is 3.37. The van der Waals surface area contributed by atoms with Gasteiger partial charge in [0.1, 0.15) is 23.3 Å². The van der Waals surface area contributed by atoms with Crippen LogP contribution >= 0.6 is 0 Å². The number of pyridine rings is 1. The third kappa shape index (κ3) is 5.15. The minimum Gasteiger partial charge on any atom is -0.472 e. The molecule has 2 aromatic rings. The molecule has 4 atom stereocenters. The monoisotopic (exact) mass is 495 g/mol. The molecule has 0 bridgehead atoms. The van der Waals surface area contributed by atoms with Crippen LogP contribution < -0.4 is 10.1 Å². The van der Waals surface area contributed by atoms with E-state index in [1.54, 1.807) is 40.0 Å². The normalized spacial score (nSPS) is 25.2. The SMILES string of the molecule is C=C[C@@H]1C[C@]1(NC(=O)[C@@H]1C[C@@H](Oc2nccc3ccccc23)CN1C(=O)OC(C)(C)C)C(=O)OCC. The Balaban J connectivity index is 1.57. The number of nitrogens with zero attached hydrogens (tertiary/aromatic N) is 2. The van der Waals surface area contributed by atoms with Gasteiger partial charge in [-0.25, -0.2) is 14.6 Å². The quantitative estimate of drug-likeness (QED) is 0.462. The second-order valence-electron chi connectivity index (χ2n) is 10.2. The molecule has 9 heteroatoms. The van der Waals surface area contributed by atoms with Crippen LogP contribution in [-0.2, 0) is 19.1 Å². The topological polar surface area (TPSA) is 107 Å². The van der Waals surface area contributed by atoms with Gasteiger partial charge in [0.25, 0.3) is 0 Å². The minimum absolute atomic E-state index is 0.134. The van der Waals surface area contributed by atoms with Crippen molar-refractivity contribution in [1.29, 1.82) is 0 Å². The lowest BCUT2D eigenvalue weighted by atomic mass is 10.1. The Morgan fingerprint density at radius 1 is 1.25 bits per heavy atom. The highest BCUT2D eigenvalue weighted by Crippen LogP contribution is 2.45. The molecule has 1 saturated heterocycles. The number of hydrogen-bond donors (Lipinski definition) is 1. The van der Waals surface area contributed by atoms with E-state index >= 15 is 0 Å². The molecule has 1 aromatic carbocycles. The number of aromatic nitrogens is 1. The van der Waals surface area contributed by atoms with Crippen LogP contribution in [0.25, 0.3) is 10.8 Å². The average molecular weight is 496 g/mol. The summed E-state index contributed by atoms with van der Waals surface area (Å²) in [7, 11) is 0. The number of benzene rings is 1. The van der Waals surface area contributed by atoms with Gasteiger partial charge in [-0.1, -0.05) is 24.3 Å². The van der Waals surface area contributed by atoms with Crippen molar-refractivity contribution in [2.75, 3.05) is 13.2 Å². The van der Waals surface area contributed by atoms with Gasteiger partial charge in [0.15, 0.2) is 0 Å². The van der Waals surface area contributed by atoms with Crippen molar-refractivity contribution < 1.29 is 28.6 Å². The van der Waals surface area contributed by atoms with Gasteiger partial charge in [0.05, 0.1) is 13.2 Å². The summed E-state index contributed by atoms with van der Waals surface area (Å²) in [6, 6.07) is 8.70. The van der Waals surface area contributed by atoms with E-state index in [2.05, 4.69) is 16.9 Å². The first kappa shape index (κ1) is 25.5. The lowest BCUT2D eigenvalue weighted by molar-refractivity contribution is -0.149. The van der Waals surface area contributed by atoms with Crippen LogP contribution in [0.3, 0.4) is 0 Å². The maximum absolute atomic E-state index is 13.5. The molecule has 1 aliphatic heterocycles. The Kier molecular flexibility index (Phi) is 6.93. The van der Waals surface area contributed by atoms with E-state index in [1.807, 2.05) is 30.3 Å². The van der Waals surface area contributed by atoms with Gasteiger partial charge >= 0.3 is 12.1 Å². The number of fused-ring (bicyclic) bond motifs is 1. The summed E-state index contributed by atoms with van der Waals surface area (Å²) < 4.78 is 17.0. The molecule has 2 aliphatic rings. The zero-order valence-corrected chi connectivity index (χ0v) is 21.2. The Labute approximate surface area is 210 Å². The molecule has 1 saturated carbocycles. The first-order valence-corrected chi connectivity index (χ1v) is 12.2. The van der Waals surface area contributed by atoms with Gasteiger partial charge in [-0.2, -0.15) is 0 Å². The first-order chi connectivity index (χ1) is 17.1. The third-order valence-electron chi connectivity index (χ3n) is 6.39. The van der Waals surface area contributed by atoms with E-state index in [-0.39, 0.29) is 25.5 Å². The van der Waals surface area contributed by atoms with Gasteiger partial charge in [-0.05, 0) is 51.6 Å². The summed E-state index contributed by atoms with van der Waals surface area (Å²) in [6.45, 7) is 11.1. The molecule has 2 heterocycles. The van der Waals surface area contributed by atoms with Crippen LogP contribution in [0.15, 0.2) is 49.2 Å². The van der Waals surface area contributed by atoms with Crippen molar-refractivity contribution in [2.24, 2.45) is 5.92 Å². The molecule has 2 amide bonds. The maximum Gasteiger partial charge on any atom is 0.411 e. The zero-order chi connectivity index (χ0) is 26.1. The third-order valence-corrected chi connectivity index (χ3v) is 6.39. The fraction of sp³-hybridized carbons (Fsp3) is 0.481. The van der Waals surface area contributed by atoms with Crippen molar-refractivity contribution in [3.8, 4) is 5.88 Å². The van der Waals surface area contributed by atoms with E-state index in [9.17, 15) is 14.4 Å². The van der Waals surface area contributed by atoms with E-state index < -0.39 is 41.3 Å². The predicted molar refractivity (Wildman–Crippen MR) is 133 cm³/mol. The highest BCUT2D eigenvalue weighted by atomic mass is 16.6. The Hall–Kier alpha value is -3.62. The number of amides is 2. The van der Waals surface area contributed by atoms with Crippen LogP contribution in [0.5, 0.6) is 5.88 Å². The molecule has 0 unspecified atom stereocenters. The summed E-state index contributed by atoms with van der Waals surface area (Å²) >= 11 is 0. The number of rotatable bonds is 7. The molecular formula is C27H33N3O6. The smallest absolute Gasteiger partial charge is 0.411 e. The Bertz CT molecular complexity index is 1170. The molecule has 36 heavy (non-hydrogen) atoms. The Morgan fingerprint density at radius 3 is 2.67 bits per heavy atom. The highest BCUT2D eigenvalue weighted by molar-refractivity contribution is 5.95. The number of carbonyl (C=O) groups is 3. The van der Waals surface area contributed by atoms with Gasteiger partial charge in [0.2, 0.25) is 11.8 Å². The van der Waals surface area contributed by atoms with Crippen molar-refractivity contribution in [3.05, 3.63) is 49.2 Å². The number of hydrogen-bond acceptors (Lipinski definition) is 7. The second-order valence-corrected chi connectivity index (χ2v) is 10.2. The van der Waals surface area contributed by atoms with E-state index in [1.165, 1.54) is 4.90 Å². The summed E-state index contributed by atoms with van der Waals surface area (Å²) in [4.78, 5) is 44.9. The van der Waals surface area contributed by atoms with Crippen molar-refractivity contribution in [3.63, 3.8) is 0 Å². The maximum atomic E-state index is 13.5. The van der Waals surface area contributed by atoms with Crippen molar-refractivity contribution in [1.82, 2.24) is 15.2 Å². The predicted octanol–water partition coefficient (Wildman–Crippen LogP) is 3.62. The zero-order valence-electron chi connectivity index (χ0n) is 21.2. The van der Waals surface area contributed by atoms with Crippen LogP contribution in [0.2, 0.25) is 0 Å². The van der Waals surface area contributed by atoms with E-state index in [4.69, 9.17) is 14.2 Å². The summed E-state index contributed by atoms with van der Waals surface area (Å²) in [5.41, 5.74) is -1.91. The number of ether oxygens (including phenoxy) is 3. The minimum atomic E-state index is -1.16. The van der Waals surface area contributed by atoms with Crippen molar-refractivity contribution >= 4 is 28.7 Å². The summed E-state index contributed by atoms with van der Waals surface area (Å²) in [6.07, 6.45) is 2.79. The molecule has 0 spiro atoms. The largest absolute Gasteiger partial charge is 0.472 e. The van der Waals surface area contributed by atoms with Crippen LogP contribution in [0, 0.1) is 5.92 Å². The van der Waals surface area contributed by atoms with E-state index in [0.717, 1.165) is 10.8 Å². The molecule has 1 N–H and O–H groups in total. The number of likely N-dealkylation sites (tertiary alicyclic amines) is 1. The molecule has 4 rings (SSSR count). The molecule has 1 aliphatic carbocycles. The van der Waals surface area contributed by atoms with Gasteiger partial charge in [-0.15, -0.1) is 6.58 Å². The van der Waals surface area contributed by atoms with E-state index in [0.29, 0.717) is 12.3 Å². The van der Waals surface area contributed by atoms with Crippen LogP contribution in [-0.4, -0.2) is 64.3 Å². The lowest BCUT2D eigenvalue weighted by Crippen LogP contribution is -2.53. The first-order valence-electron chi connectivity index (χ1n) is 12.2. The Morgan fingerprint density at radius 2 is 2.00 bits per heavy atom. The summed E-state index contributed by atoms with van der Waals surface area (Å²) in [5.74, 6) is -0.767. The highest BCUT2D eigenvalue weighted by Gasteiger charge is 2.62. The molecule has 2 fully saturated rings. The number of esters is 1. The molecule has 1 aromatic heterocycles.